The van der Waals surface area contributed by atoms with E-state index in [1.165, 1.54) is 0 Å². The summed E-state index contributed by atoms with van der Waals surface area (Å²) in [4.78, 5) is 9.16. The molecule has 0 aliphatic carbocycles. The van der Waals surface area contributed by atoms with Crippen LogP contribution in [0.1, 0.15) is 0 Å². The minimum Gasteiger partial charge on any atom is -0.541 e. The molecule has 0 aliphatic rings. The molecule has 8 heavy (non-hydrogen) atoms. The first-order valence-corrected chi connectivity index (χ1v) is 2.97. The van der Waals surface area contributed by atoms with E-state index in [2.05, 4.69) is 0 Å². The molecule has 0 heterocycles. The van der Waals surface area contributed by atoms with Gasteiger partial charge in [0.25, 0.3) is 0 Å². The fraction of sp³-hybridized carbons (Fsp3) is 0.500. The van der Waals surface area contributed by atoms with Gasteiger partial charge in [0.2, 0.25) is 10.1 Å². The van der Waals surface area contributed by atoms with Crippen LogP contribution >= 0.6 is 0 Å². The Balaban J connectivity index is 0. The Morgan fingerprint density at radius 1 is 1.50 bits per heavy atom. The first-order valence-electron chi connectivity index (χ1n) is 1.36. The van der Waals surface area contributed by atoms with Gasteiger partial charge in [-0.3, -0.25) is 4.55 Å². The molecule has 42 valence electrons. The van der Waals surface area contributed by atoms with E-state index in [4.69, 9.17) is 9.35 Å². The van der Waals surface area contributed by atoms with Gasteiger partial charge in [-0.05, 0) is 5.75 Å². The summed E-state index contributed by atoms with van der Waals surface area (Å²) >= 11 is 0. The van der Waals surface area contributed by atoms with Crippen molar-refractivity contribution in [2.45, 2.75) is 0 Å². The molecule has 0 aromatic rings. The fourth-order valence-corrected chi connectivity index (χ4v) is 0.223. The Bertz CT molecular complexity index is 147. The summed E-state index contributed by atoms with van der Waals surface area (Å²) < 4.78 is 26.8. The molecule has 0 radical (unpaired) electrons. The summed E-state index contributed by atoms with van der Waals surface area (Å²) in [7, 11) is -4.10. The minimum absolute atomic E-state index is 0. The van der Waals surface area contributed by atoms with Crippen LogP contribution in [0, 0.1) is 0 Å². The van der Waals surface area contributed by atoms with E-state index >= 15 is 0 Å². The minimum atomic E-state index is -4.10. The zero-order chi connectivity index (χ0) is 5.91. The summed E-state index contributed by atoms with van der Waals surface area (Å²) in [5, 5.41) is 0. The Kier molecular flexibility index (Phi) is 6.34. The molecule has 4 nitrogen and oxygen atoms in total. The van der Waals surface area contributed by atoms with E-state index < -0.39 is 15.9 Å². The molecule has 0 fully saturated rings. The summed E-state index contributed by atoms with van der Waals surface area (Å²) in [6.07, 6.45) is 1.02. The molecular weight excluding hydrogens is 143 g/mol. The summed E-state index contributed by atoms with van der Waals surface area (Å²) in [6.45, 7) is 0. The average Bonchev–Trinajstić information content (AvgIpc) is 1.30. The van der Waals surface area contributed by atoms with Crippen LogP contribution in [-0.4, -0.2) is 25.0 Å². The van der Waals surface area contributed by atoms with E-state index in [9.17, 15) is 8.42 Å². The molecule has 0 saturated carbocycles. The van der Waals surface area contributed by atoms with Crippen LogP contribution in [0.3, 0.4) is 0 Å². The van der Waals surface area contributed by atoms with Crippen LogP contribution < -0.4 is 29.6 Å². The standard InChI is InChI=1S/C2H3O4S.Na/c3-1-2-7(4,5)6;/h2H2,(H,4,5,6);/q-1;+1. The maximum atomic E-state index is 9.52. The molecule has 0 saturated heterocycles. The van der Waals surface area contributed by atoms with E-state index in [-0.39, 0.29) is 29.6 Å². The molecule has 0 rings (SSSR count). The zero-order valence-electron chi connectivity index (χ0n) is 4.29. The quantitative estimate of drug-likeness (QED) is 0.245. The van der Waals surface area contributed by atoms with Gasteiger partial charge in [-0.25, -0.2) is 14.7 Å². The Hall–Kier alpha value is 0.580. The third-order valence-corrected chi connectivity index (χ3v) is 0.724. The normalized spacial score (nSPS) is 9.62. The van der Waals surface area contributed by atoms with Crippen molar-refractivity contribution >= 4 is 16.4 Å². The second kappa shape index (κ2) is 4.46. The van der Waals surface area contributed by atoms with Gasteiger partial charge in [-0.15, -0.1) is 0 Å². The monoisotopic (exact) mass is 146 g/mol. The second-order valence-electron chi connectivity index (χ2n) is 0.871. The van der Waals surface area contributed by atoms with Gasteiger partial charge < -0.3 is 4.79 Å². The molecule has 0 amide bonds. The van der Waals surface area contributed by atoms with Crippen molar-refractivity contribution in [2.24, 2.45) is 0 Å². The average molecular weight is 146 g/mol. The Labute approximate surface area is 69.3 Å². The zero-order valence-corrected chi connectivity index (χ0v) is 7.10. The molecule has 0 aromatic carbocycles. The maximum Gasteiger partial charge on any atom is 1.00 e. The predicted octanol–water partition coefficient (Wildman–Crippen LogP) is -4.01. The largest absolute Gasteiger partial charge is 1.00 e. The fourth-order valence-electron chi connectivity index (χ4n) is 0.0745. The van der Waals surface area contributed by atoms with Crippen molar-refractivity contribution < 1.29 is 47.3 Å². The van der Waals surface area contributed by atoms with Gasteiger partial charge in [-0.2, -0.15) is 0 Å². The molecule has 0 unspecified atom stereocenters. The summed E-state index contributed by atoms with van der Waals surface area (Å²) in [5.41, 5.74) is 0. The topological polar surface area (TPSA) is 71.4 Å². The van der Waals surface area contributed by atoms with Gasteiger partial charge >= 0.3 is 29.6 Å². The Morgan fingerprint density at radius 2 is 1.88 bits per heavy atom. The smallest absolute Gasteiger partial charge is 0.541 e. The van der Waals surface area contributed by atoms with E-state index in [0.717, 1.165) is 6.29 Å². The van der Waals surface area contributed by atoms with Crippen molar-refractivity contribution in [3.63, 3.8) is 0 Å². The van der Waals surface area contributed by atoms with Crippen LogP contribution in [0.15, 0.2) is 0 Å². The SMILES string of the molecule is O=[C-]CS(=O)(=O)O.[Na+]. The van der Waals surface area contributed by atoms with Gasteiger partial charge in [0.05, 0.1) is 0 Å². The van der Waals surface area contributed by atoms with Crippen LogP contribution in [0.4, 0.5) is 0 Å². The van der Waals surface area contributed by atoms with Crippen LogP contribution in [-0.2, 0) is 14.9 Å². The third-order valence-electron chi connectivity index (χ3n) is 0.241. The molecule has 6 heteroatoms. The number of hydrogen-bond acceptors (Lipinski definition) is 3. The Morgan fingerprint density at radius 3 is 1.88 bits per heavy atom. The summed E-state index contributed by atoms with van der Waals surface area (Å²) in [6, 6.07) is 0. The van der Waals surface area contributed by atoms with Crippen molar-refractivity contribution in [3.05, 3.63) is 0 Å². The number of rotatable bonds is 2. The van der Waals surface area contributed by atoms with E-state index in [1.54, 1.807) is 0 Å². The maximum absolute atomic E-state index is 9.52. The van der Waals surface area contributed by atoms with Gasteiger partial charge in [0.15, 0.2) is 0 Å². The van der Waals surface area contributed by atoms with E-state index in [1.807, 2.05) is 0 Å². The van der Waals surface area contributed by atoms with Crippen LogP contribution in [0.25, 0.3) is 0 Å². The van der Waals surface area contributed by atoms with Gasteiger partial charge in [0.1, 0.15) is 0 Å². The van der Waals surface area contributed by atoms with Gasteiger partial charge in [-0.1, -0.05) is 0 Å². The van der Waals surface area contributed by atoms with E-state index in [0.29, 0.717) is 0 Å². The molecule has 0 aliphatic heterocycles. The first-order chi connectivity index (χ1) is 3.06. The molecule has 0 spiro atoms. The molecule has 0 aromatic heterocycles. The molecular formula is C2H3NaO4S. The van der Waals surface area contributed by atoms with Crippen molar-refractivity contribution in [1.29, 1.82) is 0 Å². The molecule has 0 bridgehead atoms. The molecule has 0 atom stereocenters. The van der Waals surface area contributed by atoms with Crippen LogP contribution in [0.5, 0.6) is 0 Å². The van der Waals surface area contributed by atoms with Crippen molar-refractivity contribution in [2.75, 3.05) is 5.75 Å². The molecule has 1 N–H and O–H groups in total. The van der Waals surface area contributed by atoms with Crippen molar-refractivity contribution in [3.8, 4) is 0 Å². The number of hydrogen-bond donors (Lipinski definition) is 1. The van der Waals surface area contributed by atoms with Crippen molar-refractivity contribution in [1.82, 2.24) is 0 Å². The predicted molar refractivity (Wildman–Crippen MR) is 22.1 cm³/mol. The van der Waals surface area contributed by atoms with Crippen LogP contribution in [0.2, 0.25) is 0 Å². The number of carbonyl (C=O) groups excluding carboxylic acids is 1. The van der Waals surface area contributed by atoms with Gasteiger partial charge in [0, 0.05) is 0 Å². The first kappa shape index (κ1) is 11.4. The third kappa shape index (κ3) is 9.77. The summed E-state index contributed by atoms with van der Waals surface area (Å²) in [5.74, 6) is -0.938. The second-order valence-corrected chi connectivity index (χ2v) is 2.32.